The molecule has 0 saturated carbocycles. The predicted octanol–water partition coefficient (Wildman–Crippen LogP) is 0.796. The van der Waals surface area contributed by atoms with Crippen molar-refractivity contribution in [3.63, 3.8) is 0 Å². The van der Waals surface area contributed by atoms with E-state index in [1.165, 1.54) is 24.5 Å². The summed E-state index contributed by atoms with van der Waals surface area (Å²) in [6.45, 7) is 0. The zero-order valence-corrected chi connectivity index (χ0v) is 8.68. The second-order valence-corrected chi connectivity index (χ2v) is 3.33. The molecule has 1 aromatic carbocycles. The van der Waals surface area contributed by atoms with Crippen LogP contribution in [0.1, 0.15) is 10.4 Å². The lowest BCUT2D eigenvalue weighted by atomic mass is 10.2. The van der Waals surface area contributed by atoms with E-state index in [-0.39, 0.29) is 11.5 Å². The van der Waals surface area contributed by atoms with Gasteiger partial charge in [0.25, 0.3) is 5.91 Å². The summed E-state index contributed by atoms with van der Waals surface area (Å²) >= 11 is 0. The molecule has 0 aliphatic carbocycles. The summed E-state index contributed by atoms with van der Waals surface area (Å²) < 4.78 is 0. The molecular formula is C11H9N3O3. The number of carboxylic acid groups (broad SMARTS) is 1. The Morgan fingerprint density at radius 3 is 2.59 bits per heavy atom. The van der Waals surface area contributed by atoms with Crippen molar-refractivity contribution >= 4 is 23.8 Å². The number of carboxylic acids is 1. The van der Waals surface area contributed by atoms with Crippen molar-refractivity contribution in [2.45, 2.75) is 0 Å². The number of hydrogen-bond acceptors (Lipinski definition) is 4. The molecule has 3 N–H and O–H groups in total. The average molecular weight is 231 g/mol. The van der Waals surface area contributed by atoms with Crippen LogP contribution in [0.3, 0.4) is 0 Å². The lowest BCUT2D eigenvalue weighted by Gasteiger charge is -2.01. The molecule has 86 valence electrons. The summed E-state index contributed by atoms with van der Waals surface area (Å²) in [4.78, 5) is 21.7. The Kier molecular flexibility index (Phi) is 2.87. The van der Waals surface area contributed by atoms with Crippen molar-refractivity contribution in [3.8, 4) is 0 Å². The third-order valence-electron chi connectivity index (χ3n) is 2.16. The molecule has 1 aliphatic rings. The second-order valence-electron chi connectivity index (χ2n) is 3.33. The summed E-state index contributed by atoms with van der Waals surface area (Å²) in [6.07, 6.45) is 2.91. The van der Waals surface area contributed by atoms with E-state index in [1.54, 1.807) is 12.1 Å². The van der Waals surface area contributed by atoms with Gasteiger partial charge in [-0.3, -0.25) is 4.79 Å². The smallest absolute Gasteiger partial charge is 0.335 e. The molecule has 1 aromatic rings. The van der Waals surface area contributed by atoms with Crippen LogP contribution in [0.2, 0.25) is 0 Å². The Balaban J connectivity index is 2.07. The molecule has 0 saturated heterocycles. The summed E-state index contributed by atoms with van der Waals surface area (Å²) in [7, 11) is 0. The van der Waals surface area contributed by atoms with Gasteiger partial charge >= 0.3 is 5.97 Å². The van der Waals surface area contributed by atoms with Crippen LogP contribution in [0.4, 0.5) is 5.69 Å². The van der Waals surface area contributed by atoms with Crippen LogP contribution in [0.25, 0.3) is 0 Å². The van der Waals surface area contributed by atoms with Gasteiger partial charge in [-0.05, 0) is 24.3 Å². The summed E-state index contributed by atoms with van der Waals surface area (Å²) in [5, 5.41) is 15.2. The summed E-state index contributed by atoms with van der Waals surface area (Å²) in [5.41, 5.74) is 3.59. The lowest BCUT2D eigenvalue weighted by molar-refractivity contribution is -0.116. The van der Waals surface area contributed by atoms with E-state index in [2.05, 4.69) is 15.8 Å². The first kappa shape index (κ1) is 10.9. The van der Waals surface area contributed by atoms with Gasteiger partial charge in [0.1, 0.15) is 0 Å². The minimum atomic E-state index is -0.975. The fourth-order valence-electron chi connectivity index (χ4n) is 1.26. The molecule has 0 unspecified atom stereocenters. The monoisotopic (exact) mass is 231 g/mol. The number of hydrazone groups is 1. The topological polar surface area (TPSA) is 90.8 Å². The molecule has 17 heavy (non-hydrogen) atoms. The molecule has 0 aromatic heterocycles. The zero-order valence-electron chi connectivity index (χ0n) is 8.68. The first-order valence-corrected chi connectivity index (χ1v) is 4.80. The minimum Gasteiger partial charge on any atom is -0.478 e. The number of carbonyl (C=O) groups is 2. The van der Waals surface area contributed by atoms with Crippen molar-refractivity contribution in [3.05, 3.63) is 41.6 Å². The molecule has 2 rings (SSSR count). The second kappa shape index (κ2) is 4.48. The van der Waals surface area contributed by atoms with E-state index in [1.807, 2.05) is 0 Å². The number of nitrogens with zero attached hydrogens (tertiary/aromatic N) is 1. The van der Waals surface area contributed by atoms with Gasteiger partial charge in [0.05, 0.1) is 17.4 Å². The maximum absolute atomic E-state index is 11.1. The van der Waals surface area contributed by atoms with Crippen LogP contribution in [0, 0.1) is 0 Å². The first-order valence-electron chi connectivity index (χ1n) is 4.80. The number of carbonyl (C=O) groups excluding carboxylic acids is 1. The van der Waals surface area contributed by atoms with Gasteiger partial charge < -0.3 is 10.4 Å². The van der Waals surface area contributed by atoms with Crippen LogP contribution >= 0.6 is 0 Å². The number of anilines is 1. The Morgan fingerprint density at radius 1 is 1.35 bits per heavy atom. The van der Waals surface area contributed by atoms with Gasteiger partial charge in [-0.2, -0.15) is 5.10 Å². The van der Waals surface area contributed by atoms with Gasteiger partial charge in [-0.15, -0.1) is 0 Å². The van der Waals surface area contributed by atoms with E-state index in [0.717, 1.165) is 0 Å². The molecule has 6 nitrogen and oxygen atoms in total. The Labute approximate surface area is 96.6 Å². The number of amides is 1. The Hall–Kier alpha value is -2.63. The van der Waals surface area contributed by atoms with Gasteiger partial charge in [0.15, 0.2) is 0 Å². The number of nitrogens with one attached hydrogen (secondary N) is 2. The van der Waals surface area contributed by atoms with Crippen molar-refractivity contribution in [2.75, 3.05) is 5.32 Å². The van der Waals surface area contributed by atoms with Crippen molar-refractivity contribution < 1.29 is 14.7 Å². The molecule has 0 radical (unpaired) electrons. The fraction of sp³-hybridized carbons (Fsp3) is 0. The highest BCUT2D eigenvalue weighted by atomic mass is 16.4. The number of aromatic carboxylic acids is 1. The molecule has 0 fully saturated rings. The number of benzene rings is 1. The van der Waals surface area contributed by atoms with Gasteiger partial charge in [-0.1, -0.05) is 0 Å². The lowest BCUT2D eigenvalue weighted by Crippen LogP contribution is -2.12. The van der Waals surface area contributed by atoms with Crippen LogP contribution in [0.15, 0.2) is 41.1 Å². The van der Waals surface area contributed by atoms with Crippen LogP contribution < -0.4 is 10.7 Å². The fourth-order valence-corrected chi connectivity index (χ4v) is 1.26. The maximum Gasteiger partial charge on any atom is 0.335 e. The van der Waals surface area contributed by atoms with Crippen molar-refractivity contribution in [1.29, 1.82) is 0 Å². The zero-order chi connectivity index (χ0) is 12.3. The molecule has 0 bridgehead atoms. The van der Waals surface area contributed by atoms with Crippen LogP contribution in [-0.2, 0) is 4.79 Å². The van der Waals surface area contributed by atoms with Gasteiger partial charge in [-0.25, -0.2) is 10.2 Å². The van der Waals surface area contributed by atoms with Gasteiger partial charge in [0.2, 0.25) is 0 Å². The number of rotatable bonds is 3. The molecule has 0 spiro atoms. The van der Waals surface area contributed by atoms with E-state index in [0.29, 0.717) is 11.3 Å². The molecule has 0 atom stereocenters. The predicted molar refractivity (Wildman–Crippen MR) is 61.7 cm³/mol. The minimum absolute atomic E-state index is 0.211. The Bertz CT molecular complexity index is 517. The maximum atomic E-state index is 11.1. The van der Waals surface area contributed by atoms with E-state index in [4.69, 9.17) is 5.11 Å². The Morgan fingerprint density at radius 2 is 2.06 bits per heavy atom. The SMILES string of the molecule is O=C1NN=CC1=CNc1ccc(C(=O)O)cc1. The molecule has 1 heterocycles. The largest absolute Gasteiger partial charge is 0.478 e. The molecule has 1 aliphatic heterocycles. The summed E-state index contributed by atoms with van der Waals surface area (Å²) in [5.74, 6) is -1.25. The summed E-state index contributed by atoms with van der Waals surface area (Å²) in [6, 6.07) is 6.19. The molecular weight excluding hydrogens is 222 g/mol. The van der Waals surface area contributed by atoms with E-state index < -0.39 is 5.97 Å². The normalized spacial score (nSPS) is 16.0. The highest BCUT2D eigenvalue weighted by Crippen LogP contribution is 2.10. The van der Waals surface area contributed by atoms with Crippen molar-refractivity contribution in [2.24, 2.45) is 5.10 Å². The quantitative estimate of drug-likeness (QED) is 0.671. The molecule has 6 heteroatoms. The molecule has 1 amide bonds. The van der Waals surface area contributed by atoms with E-state index in [9.17, 15) is 9.59 Å². The standard InChI is InChI=1S/C11H9N3O3/c15-10-8(6-13-14-10)5-12-9-3-1-7(2-4-9)11(16)17/h1-6,12H,(H,14,15)(H,16,17). The average Bonchev–Trinajstić information content (AvgIpc) is 2.73. The highest BCUT2D eigenvalue weighted by molar-refractivity contribution is 6.15. The van der Waals surface area contributed by atoms with Crippen molar-refractivity contribution in [1.82, 2.24) is 5.43 Å². The van der Waals surface area contributed by atoms with Gasteiger partial charge in [0, 0.05) is 11.9 Å². The highest BCUT2D eigenvalue weighted by Gasteiger charge is 2.11. The third kappa shape index (κ3) is 2.49. The van der Waals surface area contributed by atoms with E-state index >= 15 is 0 Å². The third-order valence-corrected chi connectivity index (χ3v) is 2.16. The number of hydrogen-bond donors (Lipinski definition) is 3. The first-order chi connectivity index (χ1) is 8.16. The van der Waals surface area contributed by atoms with Crippen LogP contribution in [-0.4, -0.2) is 23.2 Å². The van der Waals surface area contributed by atoms with Crippen LogP contribution in [0.5, 0.6) is 0 Å².